The second kappa shape index (κ2) is 8.32. The van der Waals surface area contributed by atoms with Gasteiger partial charge in [0.1, 0.15) is 0 Å². The molecule has 1 aliphatic heterocycles. The summed E-state index contributed by atoms with van der Waals surface area (Å²) >= 11 is 0. The van der Waals surface area contributed by atoms with E-state index >= 15 is 0 Å². The van der Waals surface area contributed by atoms with Crippen LogP contribution in [0.15, 0.2) is 42.1 Å². The van der Waals surface area contributed by atoms with E-state index in [0.29, 0.717) is 24.3 Å². The van der Waals surface area contributed by atoms with Gasteiger partial charge >= 0.3 is 0 Å². The lowest BCUT2D eigenvalue weighted by Crippen LogP contribution is -2.63. The number of hydrogen-bond donors (Lipinski definition) is 1. The summed E-state index contributed by atoms with van der Waals surface area (Å²) < 4.78 is 18.5. The highest BCUT2D eigenvalue weighted by Crippen LogP contribution is 2.70. The van der Waals surface area contributed by atoms with E-state index in [1.54, 1.807) is 30.5 Å². The minimum atomic E-state index is -1.36. The number of pyridine rings is 1. The lowest BCUT2D eigenvalue weighted by molar-refractivity contribution is -0.199. The van der Waals surface area contributed by atoms with E-state index in [1.807, 2.05) is 19.1 Å². The molecule has 37 heavy (non-hydrogen) atoms. The van der Waals surface area contributed by atoms with Crippen LogP contribution in [0.1, 0.15) is 57.8 Å². The van der Waals surface area contributed by atoms with Gasteiger partial charge in [-0.25, -0.2) is 4.98 Å². The maximum absolute atomic E-state index is 13.8. The third-order valence-corrected chi connectivity index (χ3v) is 10.1. The Morgan fingerprint density at radius 1 is 1.38 bits per heavy atom. The highest BCUT2D eigenvalue weighted by atomic mass is 16.7. The van der Waals surface area contributed by atoms with Crippen LogP contribution in [0.3, 0.4) is 0 Å². The molecule has 5 aliphatic rings. The average Bonchev–Trinajstić information content (AvgIpc) is 3.37. The number of aromatic nitrogens is 1. The van der Waals surface area contributed by atoms with E-state index in [4.69, 9.17) is 14.2 Å². The molecule has 0 radical (unpaired) electrons. The van der Waals surface area contributed by atoms with Gasteiger partial charge in [-0.15, -0.1) is 0 Å². The van der Waals surface area contributed by atoms with Crippen molar-refractivity contribution in [3.05, 3.63) is 47.7 Å². The minimum Gasteiger partial charge on any atom is -0.481 e. The molecule has 1 N–H and O–H groups in total. The lowest BCUT2D eigenvalue weighted by Gasteiger charge is -2.59. The number of hydrogen-bond acceptors (Lipinski definition) is 8. The Morgan fingerprint density at radius 2 is 2.19 bits per heavy atom. The van der Waals surface area contributed by atoms with Crippen LogP contribution in [0, 0.1) is 39.9 Å². The number of aliphatic hydroxyl groups is 1. The number of aliphatic hydroxyl groups excluding tert-OH is 1. The Hall–Kier alpha value is -2.86. The van der Waals surface area contributed by atoms with Gasteiger partial charge in [0.2, 0.25) is 5.88 Å². The number of carbonyl (C=O) groups excluding carboxylic acids is 2. The van der Waals surface area contributed by atoms with E-state index in [9.17, 15) is 20.0 Å². The van der Waals surface area contributed by atoms with Crippen LogP contribution in [-0.4, -0.2) is 46.6 Å². The summed E-state index contributed by atoms with van der Waals surface area (Å²) in [6.45, 7) is 4.15. The molecule has 4 aliphatic carbocycles. The van der Waals surface area contributed by atoms with Crippen molar-refractivity contribution >= 4 is 11.6 Å². The van der Waals surface area contributed by atoms with E-state index in [-0.39, 0.29) is 35.7 Å². The maximum atomic E-state index is 13.8. The number of ether oxygens (including phenoxy) is 3. The topological polar surface area (TPSA) is 119 Å². The second-order valence-electron chi connectivity index (χ2n) is 11.6. The number of methoxy groups -OCH3 is 1. The monoisotopic (exact) mass is 504 g/mol. The average molecular weight is 505 g/mol. The van der Waals surface area contributed by atoms with Crippen molar-refractivity contribution in [2.45, 2.75) is 70.1 Å². The zero-order chi connectivity index (χ0) is 26.2. The molecule has 1 aromatic rings. The summed E-state index contributed by atoms with van der Waals surface area (Å²) in [6, 6.07) is 5.59. The predicted molar refractivity (Wildman–Crippen MR) is 131 cm³/mol. The van der Waals surface area contributed by atoms with Crippen molar-refractivity contribution in [1.29, 1.82) is 5.26 Å². The number of fused-ring (bicyclic) bond motifs is 7. The molecule has 9 atom stereocenters. The van der Waals surface area contributed by atoms with Gasteiger partial charge in [-0.3, -0.25) is 9.59 Å². The van der Waals surface area contributed by atoms with Gasteiger partial charge in [0.25, 0.3) is 0 Å². The summed E-state index contributed by atoms with van der Waals surface area (Å²) in [5.41, 5.74) is -0.835. The van der Waals surface area contributed by atoms with Crippen molar-refractivity contribution in [2.24, 2.45) is 28.6 Å². The first kappa shape index (κ1) is 24.5. The van der Waals surface area contributed by atoms with Gasteiger partial charge in [0.15, 0.2) is 23.5 Å². The second-order valence-corrected chi connectivity index (χ2v) is 11.6. The normalized spacial score (nSPS) is 43.6. The summed E-state index contributed by atoms with van der Waals surface area (Å²) in [5, 5.41) is 21.2. The van der Waals surface area contributed by atoms with E-state index in [1.165, 1.54) is 7.11 Å². The van der Waals surface area contributed by atoms with Gasteiger partial charge in [-0.1, -0.05) is 25.5 Å². The number of Topliss-reactive ketones (excluding diaryl/α,β-unsaturated/α-hetero) is 1. The SMILES string of the molecule is COc1ncccc1C1O[C@@H]2C[C@H]3[C@@H]4CCC5=CC(=O)C=C[C@]5(C)[C@H]4[C@@H](O)C[C@]3(C)[C@]2(C(=O)CC#N)O1. The highest BCUT2D eigenvalue weighted by Gasteiger charge is 2.76. The van der Waals surface area contributed by atoms with Crippen LogP contribution in [0.2, 0.25) is 0 Å². The Bertz CT molecular complexity index is 1270. The van der Waals surface area contributed by atoms with Crippen LogP contribution in [0.25, 0.3) is 0 Å². The summed E-state index contributed by atoms with van der Waals surface area (Å²) in [4.78, 5) is 30.2. The van der Waals surface area contributed by atoms with Crippen LogP contribution in [0.4, 0.5) is 0 Å². The molecule has 2 heterocycles. The van der Waals surface area contributed by atoms with Gasteiger partial charge < -0.3 is 19.3 Å². The minimum absolute atomic E-state index is 0.00353. The number of nitrogens with zero attached hydrogens (tertiary/aromatic N) is 2. The zero-order valence-electron chi connectivity index (χ0n) is 21.3. The third kappa shape index (κ3) is 3.14. The number of rotatable bonds is 4. The van der Waals surface area contributed by atoms with Crippen LogP contribution in [0.5, 0.6) is 5.88 Å². The van der Waals surface area contributed by atoms with Crippen molar-refractivity contribution in [3.8, 4) is 11.9 Å². The lowest BCUT2D eigenvalue weighted by atomic mass is 9.46. The summed E-state index contributed by atoms with van der Waals surface area (Å²) in [5.74, 6) is 0.146. The standard InChI is InChI=1S/C29H32N2O6/c1-27-10-8-17(32)13-16(27)6-7-18-20-14-23-29(22(34)9-11-30,28(20,2)15-21(33)24(18)27)37-26(36-23)19-5-4-12-31-25(19)35-3/h4-5,8,10,12-13,18,20-21,23-24,26,33H,6-7,9,14-15H2,1-3H3/t18-,20-,21-,23+,24+,26?,27-,28-,29+/m0/s1. The molecule has 0 spiro atoms. The fourth-order valence-corrected chi connectivity index (χ4v) is 8.66. The Kier molecular flexibility index (Phi) is 5.50. The van der Waals surface area contributed by atoms with Crippen LogP contribution in [-0.2, 0) is 19.1 Å². The predicted octanol–water partition coefficient (Wildman–Crippen LogP) is 3.61. The molecule has 194 valence electrons. The molecule has 3 saturated carbocycles. The number of nitriles is 1. The third-order valence-electron chi connectivity index (χ3n) is 10.1. The molecule has 1 aromatic heterocycles. The molecular formula is C29H32N2O6. The number of allylic oxidation sites excluding steroid dienone is 4. The van der Waals surface area contributed by atoms with Crippen molar-refractivity contribution < 1.29 is 28.9 Å². The fourth-order valence-electron chi connectivity index (χ4n) is 8.66. The quantitative estimate of drug-likeness (QED) is 0.661. The van der Waals surface area contributed by atoms with Gasteiger partial charge in [-0.05, 0) is 61.8 Å². The van der Waals surface area contributed by atoms with Crippen LogP contribution >= 0.6 is 0 Å². The van der Waals surface area contributed by atoms with Gasteiger partial charge in [-0.2, -0.15) is 5.26 Å². The molecule has 6 rings (SSSR count). The van der Waals surface area contributed by atoms with E-state index in [2.05, 4.69) is 11.9 Å². The Labute approximate surface area is 216 Å². The first-order valence-electron chi connectivity index (χ1n) is 13.0. The largest absolute Gasteiger partial charge is 0.481 e. The summed E-state index contributed by atoms with van der Waals surface area (Å²) in [7, 11) is 1.52. The van der Waals surface area contributed by atoms with Crippen LogP contribution < -0.4 is 4.74 Å². The molecule has 8 nitrogen and oxygen atoms in total. The summed E-state index contributed by atoms with van der Waals surface area (Å²) in [6.07, 6.45) is 7.04. The molecule has 0 aromatic carbocycles. The zero-order valence-corrected chi connectivity index (χ0v) is 21.3. The molecule has 0 bridgehead atoms. The van der Waals surface area contributed by atoms with Gasteiger partial charge in [0.05, 0.1) is 37.4 Å². The Balaban J connectivity index is 1.41. The molecule has 4 fully saturated rings. The first-order chi connectivity index (χ1) is 17.7. The molecular weight excluding hydrogens is 472 g/mol. The fraction of sp³-hybridized carbons (Fsp3) is 0.586. The van der Waals surface area contributed by atoms with E-state index < -0.39 is 34.9 Å². The maximum Gasteiger partial charge on any atom is 0.221 e. The van der Waals surface area contributed by atoms with E-state index in [0.717, 1.165) is 18.4 Å². The van der Waals surface area contributed by atoms with Crippen molar-refractivity contribution in [1.82, 2.24) is 4.98 Å². The number of ketones is 2. The number of carbonyl (C=O) groups is 2. The van der Waals surface area contributed by atoms with Crippen molar-refractivity contribution in [3.63, 3.8) is 0 Å². The van der Waals surface area contributed by atoms with Crippen molar-refractivity contribution in [2.75, 3.05) is 7.11 Å². The first-order valence-corrected chi connectivity index (χ1v) is 13.0. The Morgan fingerprint density at radius 3 is 2.95 bits per heavy atom. The van der Waals surface area contributed by atoms with Gasteiger partial charge in [0, 0.05) is 22.9 Å². The molecule has 8 heteroatoms. The smallest absolute Gasteiger partial charge is 0.221 e. The highest BCUT2D eigenvalue weighted by molar-refractivity contribution is 6.01. The molecule has 1 saturated heterocycles. The molecule has 1 unspecified atom stereocenters. The molecule has 0 amide bonds.